The maximum atomic E-state index is 12.8. The van der Waals surface area contributed by atoms with Gasteiger partial charge in [0.05, 0.1) is 37.3 Å². The molecule has 1 aliphatic heterocycles. The molecule has 3 rings (SSSR count). The molecule has 0 bridgehead atoms. The van der Waals surface area contributed by atoms with Crippen molar-refractivity contribution in [3.8, 4) is 11.5 Å². The maximum absolute atomic E-state index is 12.8. The van der Waals surface area contributed by atoms with E-state index in [1.807, 2.05) is 0 Å². The van der Waals surface area contributed by atoms with Crippen LogP contribution in [0.25, 0.3) is 0 Å². The van der Waals surface area contributed by atoms with Crippen molar-refractivity contribution < 1.29 is 28.7 Å². The number of nitrogens with zero attached hydrogens (tertiary/aromatic N) is 2. The van der Waals surface area contributed by atoms with Gasteiger partial charge >= 0.3 is 0 Å². The van der Waals surface area contributed by atoms with Crippen molar-refractivity contribution in [2.24, 2.45) is 5.73 Å². The molecule has 0 spiro atoms. The Hall–Kier alpha value is -3.88. The third-order valence-corrected chi connectivity index (χ3v) is 4.70. The van der Waals surface area contributed by atoms with Crippen molar-refractivity contribution in [2.45, 2.75) is 19.4 Å². The van der Waals surface area contributed by atoms with Crippen LogP contribution in [0.5, 0.6) is 11.5 Å². The summed E-state index contributed by atoms with van der Waals surface area (Å²) in [6.07, 6.45) is 0.0178. The average Bonchev–Trinajstić information content (AvgIpc) is 2.99. The molecule has 1 unspecified atom stereocenters. The molecule has 2 aromatic carbocycles. The molecule has 0 saturated carbocycles. The lowest BCUT2D eigenvalue weighted by Gasteiger charge is -2.33. The van der Waals surface area contributed by atoms with Gasteiger partial charge in [0.1, 0.15) is 0 Å². The number of hydrogen-bond acceptors (Lipinski definition) is 6. The van der Waals surface area contributed by atoms with Crippen molar-refractivity contribution in [1.29, 1.82) is 0 Å². The highest BCUT2D eigenvalue weighted by atomic mass is 16.5. The number of methoxy groups -OCH3 is 1. The van der Waals surface area contributed by atoms with Crippen molar-refractivity contribution in [3.63, 3.8) is 0 Å². The van der Waals surface area contributed by atoms with E-state index in [0.717, 1.165) is 10.0 Å². The quantitative estimate of drug-likeness (QED) is 0.495. The van der Waals surface area contributed by atoms with Gasteiger partial charge in [-0.25, -0.2) is 5.01 Å². The number of hydrogen-bond donors (Lipinski definition) is 1. The number of fused-ring (bicyclic) bond motifs is 1. The molecule has 1 atom stereocenters. The van der Waals surface area contributed by atoms with Crippen LogP contribution in [0, 0.1) is 0 Å². The van der Waals surface area contributed by atoms with Gasteiger partial charge in [0.15, 0.2) is 11.5 Å². The fraction of sp³-hybridized carbons (Fsp3) is 0.238. The summed E-state index contributed by atoms with van der Waals surface area (Å²) in [6, 6.07) is 10.1. The van der Waals surface area contributed by atoms with Crippen molar-refractivity contribution in [3.05, 3.63) is 59.2 Å². The van der Waals surface area contributed by atoms with Crippen LogP contribution in [0.4, 0.5) is 0 Å². The predicted octanol–water partition coefficient (Wildman–Crippen LogP) is 1.68. The highest BCUT2D eigenvalue weighted by Crippen LogP contribution is 2.35. The molecule has 0 radical (unpaired) electrons. The summed E-state index contributed by atoms with van der Waals surface area (Å²) < 4.78 is 10.8. The van der Waals surface area contributed by atoms with Gasteiger partial charge in [-0.15, -0.1) is 0 Å². The van der Waals surface area contributed by atoms with E-state index in [1.54, 1.807) is 37.3 Å². The van der Waals surface area contributed by atoms with Crippen LogP contribution in [0.2, 0.25) is 0 Å². The minimum Gasteiger partial charge on any atom is -0.493 e. The molecule has 9 nitrogen and oxygen atoms in total. The summed E-state index contributed by atoms with van der Waals surface area (Å²) in [6.45, 7) is 2.15. The highest BCUT2D eigenvalue weighted by molar-refractivity contribution is 6.21. The van der Waals surface area contributed by atoms with Crippen LogP contribution in [-0.2, 0) is 9.59 Å². The number of rotatable bonds is 9. The number of amides is 4. The zero-order valence-electron chi connectivity index (χ0n) is 16.5. The second-order valence-electron chi connectivity index (χ2n) is 6.48. The van der Waals surface area contributed by atoms with Crippen molar-refractivity contribution in [1.82, 2.24) is 10.0 Å². The third-order valence-electron chi connectivity index (χ3n) is 4.70. The van der Waals surface area contributed by atoms with E-state index in [9.17, 15) is 19.2 Å². The molecule has 156 valence electrons. The number of ether oxygens (including phenoxy) is 2. The van der Waals surface area contributed by atoms with E-state index in [1.165, 1.54) is 19.2 Å². The van der Waals surface area contributed by atoms with Crippen LogP contribution in [0.3, 0.4) is 0 Å². The zero-order valence-corrected chi connectivity index (χ0v) is 16.5. The first-order valence-corrected chi connectivity index (χ1v) is 9.23. The minimum atomic E-state index is -1.01. The maximum Gasteiger partial charge on any atom is 0.280 e. The predicted molar refractivity (Wildman–Crippen MR) is 106 cm³/mol. The summed E-state index contributed by atoms with van der Waals surface area (Å²) in [7, 11) is 1.48. The molecule has 2 N–H and O–H groups in total. The molecule has 0 saturated heterocycles. The van der Waals surface area contributed by atoms with Crippen LogP contribution in [-0.4, -0.2) is 47.9 Å². The Labute approximate surface area is 172 Å². The van der Waals surface area contributed by atoms with Crippen molar-refractivity contribution >= 4 is 24.1 Å². The smallest absolute Gasteiger partial charge is 0.280 e. The lowest BCUT2D eigenvalue weighted by Crippen LogP contribution is -2.48. The molecule has 2 aromatic rings. The van der Waals surface area contributed by atoms with Gasteiger partial charge < -0.3 is 15.2 Å². The number of carbonyl (C=O) groups is 4. The molecule has 9 heteroatoms. The second-order valence-corrected chi connectivity index (χ2v) is 6.48. The Morgan fingerprint density at radius 1 is 1.13 bits per heavy atom. The Bertz CT molecular complexity index is 971. The fourth-order valence-corrected chi connectivity index (χ4v) is 3.37. The number of benzene rings is 2. The molecule has 0 aliphatic carbocycles. The SMILES string of the molecule is CCOc1cc(C(CC(N)=O)N(C=O)N2C(=O)c3ccccc3C2=O)ccc1OC. The van der Waals surface area contributed by atoms with Gasteiger partial charge in [-0.2, -0.15) is 5.01 Å². The van der Waals surface area contributed by atoms with Gasteiger partial charge in [0.25, 0.3) is 11.8 Å². The largest absolute Gasteiger partial charge is 0.493 e. The topological polar surface area (TPSA) is 119 Å². The molecule has 4 amide bonds. The Morgan fingerprint density at radius 3 is 2.27 bits per heavy atom. The monoisotopic (exact) mass is 411 g/mol. The van der Waals surface area contributed by atoms with Gasteiger partial charge in [-0.1, -0.05) is 18.2 Å². The number of nitrogens with two attached hydrogens (primary N) is 1. The van der Waals surface area contributed by atoms with E-state index in [0.29, 0.717) is 30.1 Å². The first-order valence-electron chi connectivity index (χ1n) is 9.23. The molecule has 30 heavy (non-hydrogen) atoms. The van der Waals surface area contributed by atoms with E-state index >= 15 is 0 Å². The summed E-state index contributed by atoms with van der Waals surface area (Å²) >= 11 is 0. The molecule has 0 aromatic heterocycles. The molecule has 1 heterocycles. The lowest BCUT2D eigenvalue weighted by atomic mass is 10.0. The summed E-state index contributed by atoms with van der Waals surface area (Å²) in [5, 5.41) is 1.63. The van der Waals surface area contributed by atoms with E-state index in [2.05, 4.69) is 0 Å². The minimum absolute atomic E-state index is 0.178. The van der Waals surface area contributed by atoms with Crippen LogP contribution < -0.4 is 15.2 Å². The van der Waals surface area contributed by atoms with Crippen molar-refractivity contribution in [2.75, 3.05) is 13.7 Å². The van der Waals surface area contributed by atoms with Gasteiger partial charge in [-0.3, -0.25) is 19.2 Å². The standard InChI is InChI=1S/C21H21N3O6/c1-3-30-18-10-13(8-9-17(18)29-2)16(11-19(22)26)23(12-25)24-20(27)14-6-4-5-7-15(14)21(24)28/h4-10,12,16H,3,11H2,1-2H3,(H2,22,26). The number of hydrazine groups is 1. The van der Waals surface area contributed by atoms with Crippen LogP contribution in [0.15, 0.2) is 42.5 Å². The second kappa shape index (κ2) is 8.64. The third kappa shape index (κ3) is 3.69. The average molecular weight is 411 g/mol. The molecule has 1 aliphatic rings. The normalized spacial score (nSPS) is 13.6. The van der Waals surface area contributed by atoms with Gasteiger partial charge in [-0.05, 0) is 36.8 Å². The molecular formula is C21H21N3O6. The van der Waals surface area contributed by atoms with Gasteiger partial charge in [0, 0.05) is 0 Å². The first kappa shape index (κ1) is 20.8. The number of carbonyl (C=O) groups excluding carboxylic acids is 4. The van der Waals surface area contributed by atoms with E-state index in [4.69, 9.17) is 15.2 Å². The Morgan fingerprint density at radius 2 is 1.77 bits per heavy atom. The highest BCUT2D eigenvalue weighted by Gasteiger charge is 2.42. The van der Waals surface area contributed by atoms with Crippen LogP contribution >= 0.6 is 0 Å². The zero-order chi connectivity index (χ0) is 21.8. The molecule has 0 fully saturated rings. The fourth-order valence-electron chi connectivity index (χ4n) is 3.37. The van der Waals surface area contributed by atoms with Crippen LogP contribution in [0.1, 0.15) is 45.7 Å². The first-order chi connectivity index (χ1) is 14.4. The lowest BCUT2D eigenvalue weighted by molar-refractivity contribution is -0.134. The van der Waals surface area contributed by atoms with E-state index < -0.39 is 23.8 Å². The van der Waals surface area contributed by atoms with E-state index in [-0.39, 0.29) is 17.5 Å². The molecular weight excluding hydrogens is 390 g/mol. The number of primary amides is 1. The summed E-state index contributed by atoms with van der Waals surface area (Å²) in [4.78, 5) is 49.5. The Balaban J connectivity index is 2.06. The van der Waals surface area contributed by atoms with Gasteiger partial charge in [0.2, 0.25) is 12.3 Å². The summed E-state index contributed by atoms with van der Waals surface area (Å²) in [5.41, 5.74) is 6.20. The Kier molecular flexibility index (Phi) is 6.01. The summed E-state index contributed by atoms with van der Waals surface area (Å²) in [5.74, 6) is -1.18. The number of imide groups is 1.